The average molecular weight is 512 g/mol. The molecular formula is C20H15F2IN2O4. The lowest BCUT2D eigenvalue weighted by molar-refractivity contribution is 0.0601. The van der Waals surface area contributed by atoms with Gasteiger partial charge in [0.2, 0.25) is 5.88 Å². The van der Waals surface area contributed by atoms with Crippen molar-refractivity contribution in [2.45, 2.75) is 13.5 Å². The summed E-state index contributed by atoms with van der Waals surface area (Å²) in [5.41, 5.74) is 1.24. The maximum absolute atomic E-state index is 13.8. The van der Waals surface area contributed by atoms with E-state index in [1.807, 2.05) is 0 Å². The monoisotopic (exact) mass is 512 g/mol. The van der Waals surface area contributed by atoms with E-state index in [0.29, 0.717) is 11.1 Å². The summed E-state index contributed by atoms with van der Waals surface area (Å²) >= 11 is 1.77. The first-order valence-electron chi connectivity index (χ1n) is 8.36. The molecule has 6 nitrogen and oxygen atoms in total. The van der Waals surface area contributed by atoms with Crippen molar-refractivity contribution in [1.82, 2.24) is 9.97 Å². The number of aromatic amines is 1. The summed E-state index contributed by atoms with van der Waals surface area (Å²) in [5, 5.41) is 0. The largest absolute Gasteiger partial charge is 0.472 e. The second-order valence-electron chi connectivity index (χ2n) is 6.08. The molecule has 0 saturated heterocycles. The molecule has 0 bridgehead atoms. The van der Waals surface area contributed by atoms with Gasteiger partial charge in [-0.05, 0) is 59.3 Å². The molecule has 0 aliphatic heterocycles. The van der Waals surface area contributed by atoms with E-state index in [-0.39, 0.29) is 27.4 Å². The molecule has 0 fully saturated rings. The van der Waals surface area contributed by atoms with Crippen LogP contribution in [0, 0.1) is 22.1 Å². The van der Waals surface area contributed by atoms with E-state index < -0.39 is 23.2 Å². The van der Waals surface area contributed by atoms with Crippen LogP contribution in [0.5, 0.6) is 5.88 Å². The third kappa shape index (κ3) is 4.61. The molecule has 1 N–H and O–H groups in total. The quantitative estimate of drug-likeness (QED) is 0.413. The number of benzene rings is 2. The van der Waals surface area contributed by atoms with Gasteiger partial charge in [-0.25, -0.2) is 13.6 Å². The summed E-state index contributed by atoms with van der Waals surface area (Å²) in [6, 6.07) is 7.98. The topological polar surface area (TPSA) is 81.3 Å². The molecule has 0 spiro atoms. The van der Waals surface area contributed by atoms with Crippen molar-refractivity contribution >= 4 is 28.6 Å². The molecule has 0 aliphatic carbocycles. The minimum Gasteiger partial charge on any atom is -0.472 e. The maximum Gasteiger partial charge on any atom is 0.337 e. The van der Waals surface area contributed by atoms with Crippen molar-refractivity contribution < 1.29 is 23.0 Å². The van der Waals surface area contributed by atoms with Crippen LogP contribution in [0.1, 0.15) is 21.5 Å². The highest BCUT2D eigenvalue weighted by atomic mass is 127. The first-order valence-corrected chi connectivity index (χ1v) is 9.44. The number of ether oxygens (including phenoxy) is 2. The van der Waals surface area contributed by atoms with Gasteiger partial charge in [0.05, 0.1) is 12.7 Å². The number of carbonyl (C=O) groups is 1. The summed E-state index contributed by atoms with van der Waals surface area (Å²) in [6.45, 7) is 1.56. The smallest absolute Gasteiger partial charge is 0.337 e. The number of aryl methyl sites for hydroxylation is 1. The number of nitrogens with zero attached hydrogens (tertiary/aromatic N) is 1. The normalized spacial score (nSPS) is 10.7. The number of halogens is 3. The molecule has 1 heterocycles. The fraction of sp³-hybridized carbons (Fsp3) is 0.150. The predicted octanol–water partition coefficient (Wildman–Crippen LogP) is 3.99. The number of carbonyl (C=O) groups excluding carboxylic acids is 1. The molecule has 2 aromatic carbocycles. The fourth-order valence-corrected chi connectivity index (χ4v) is 2.98. The third-order valence-electron chi connectivity index (χ3n) is 4.13. The van der Waals surface area contributed by atoms with Gasteiger partial charge in [-0.15, -0.1) is 0 Å². The Labute approximate surface area is 178 Å². The highest BCUT2D eigenvalue weighted by Crippen LogP contribution is 2.25. The van der Waals surface area contributed by atoms with Crippen molar-refractivity contribution in [3.8, 4) is 17.3 Å². The lowest BCUT2D eigenvalue weighted by atomic mass is 10.0. The average Bonchev–Trinajstić information content (AvgIpc) is 2.69. The fourth-order valence-electron chi connectivity index (χ4n) is 2.57. The van der Waals surface area contributed by atoms with Gasteiger partial charge in [0.25, 0.3) is 5.56 Å². The van der Waals surface area contributed by atoms with Gasteiger partial charge in [-0.1, -0.05) is 6.07 Å². The summed E-state index contributed by atoms with van der Waals surface area (Å²) in [7, 11) is 1.27. The Bertz CT molecular complexity index is 1150. The molecule has 0 unspecified atom stereocenters. The van der Waals surface area contributed by atoms with E-state index in [0.717, 1.165) is 17.7 Å². The molecule has 3 aromatic rings. The lowest BCUT2D eigenvalue weighted by Gasteiger charge is -2.11. The van der Waals surface area contributed by atoms with Crippen molar-refractivity contribution in [2.24, 2.45) is 0 Å². The number of aromatic nitrogens is 2. The Balaban J connectivity index is 1.98. The molecule has 0 aliphatic rings. The number of H-pyrrole nitrogens is 1. The van der Waals surface area contributed by atoms with Crippen LogP contribution in [-0.2, 0) is 11.3 Å². The first kappa shape index (κ1) is 20.9. The Morgan fingerprint density at radius 2 is 1.97 bits per heavy atom. The Morgan fingerprint density at radius 1 is 1.21 bits per heavy atom. The summed E-state index contributed by atoms with van der Waals surface area (Å²) in [4.78, 5) is 31.1. The number of hydrogen-bond acceptors (Lipinski definition) is 5. The van der Waals surface area contributed by atoms with Crippen molar-refractivity contribution in [2.75, 3.05) is 7.11 Å². The van der Waals surface area contributed by atoms with Gasteiger partial charge >= 0.3 is 5.97 Å². The third-order valence-corrected chi connectivity index (χ3v) is 5.08. The van der Waals surface area contributed by atoms with Gasteiger partial charge in [0, 0.05) is 17.2 Å². The molecular weight excluding hydrogens is 497 g/mol. The molecule has 0 radical (unpaired) electrons. The predicted molar refractivity (Wildman–Crippen MR) is 110 cm³/mol. The first-order chi connectivity index (χ1) is 13.8. The molecule has 3 rings (SSSR count). The molecule has 150 valence electrons. The number of rotatable bonds is 5. The van der Waals surface area contributed by atoms with Gasteiger partial charge in [0.15, 0.2) is 0 Å². The zero-order valence-electron chi connectivity index (χ0n) is 15.4. The van der Waals surface area contributed by atoms with Crippen molar-refractivity contribution in [3.63, 3.8) is 0 Å². The zero-order chi connectivity index (χ0) is 21.1. The molecule has 0 amide bonds. The van der Waals surface area contributed by atoms with Crippen LogP contribution in [0.2, 0.25) is 0 Å². The SMILES string of the molecule is COC(=O)c1ccc(C)c(-c2nc(OCc3ccc(F)cc3F)c(I)c(=O)[nH]2)c1. The molecule has 1 aromatic heterocycles. The van der Waals surface area contributed by atoms with E-state index in [4.69, 9.17) is 9.47 Å². The van der Waals surface area contributed by atoms with Crippen LogP contribution in [0.25, 0.3) is 11.4 Å². The second-order valence-corrected chi connectivity index (χ2v) is 7.16. The Morgan fingerprint density at radius 3 is 2.66 bits per heavy atom. The van der Waals surface area contributed by atoms with E-state index in [2.05, 4.69) is 9.97 Å². The lowest BCUT2D eigenvalue weighted by Crippen LogP contribution is -2.16. The van der Waals surface area contributed by atoms with Crippen LogP contribution in [-0.4, -0.2) is 23.0 Å². The highest BCUT2D eigenvalue weighted by Gasteiger charge is 2.16. The minimum atomic E-state index is -0.758. The van der Waals surface area contributed by atoms with Crippen LogP contribution >= 0.6 is 22.6 Å². The van der Waals surface area contributed by atoms with Gasteiger partial charge in [-0.3, -0.25) is 4.79 Å². The standard InChI is InChI=1S/C20H15F2IN2O4/c1-10-3-4-11(20(27)28-2)7-14(10)17-24-18(26)16(23)19(25-17)29-9-12-5-6-13(21)8-15(12)22/h3-8H,9H2,1-2H3,(H,24,25,26). The van der Waals surface area contributed by atoms with Crippen LogP contribution in [0.4, 0.5) is 8.78 Å². The number of nitrogens with one attached hydrogen (secondary N) is 1. The van der Waals surface area contributed by atoms with E-state index >= 15 is 0 Å². The van der Waals surface area contributed by atoms with E-state index in [9.17, 15) is 18.4 Å². The van der Waals surface area contributed by atoms with Gasteiger partial charge in [-0.2, -0.15) is 4.98 Å². The van der Waals surface area contributed by atoms with Crippen LogP contribution in [0.15, 0.2) is 41.2 Å². The van der Waals surface area contributed by atoms with Gasteiger partial charge < -0.3 is 14.5 Å². The second kappa shape index (κ2) is 8.68. The molecule has 0 saturated carbocycles. The van der Waals surface area contributed by atoms with Crippen molar-refractivity contribution in [1.29, 1.82) is 0 Å². The van der Waals surface area contributed by atoms with Gasteiger partial charge in [0.1, 0.15) is 27.6 Å². The molecule has 9 heteroatoms. The van der Waals surface area contributed by atoms with E-state index in [1.54, 1.807) is 47.7 Å². The minimum absolute atomic E-state index is 0.00375. The highest BCUT2D eigenvalue weighted by molar-refractivity contribution is 14.1. The Kier molecular flexibility index (Phi) is 6.26. The number of esters is 1. The summed E-state index contributed by atoms with van der Waals surface area (Å²) in [6.07, 6.45) is 0. The summed E-state index contributed by atoms with van der Waals surface area (Å²) in [5.74, 6) is -1.79. The zero-order valence-corrected chi connectivity index (χ0v) is 17.5. The number of hydrogen-bond donors (Lipinski definition) is 1. The number of methoxy groups -OCH3 is 1. The summed E-state index contributed by atoms with van der Waals surface area (Å²) < 4.78 is 37.3. The van der Waals surface area contributed by atoms with Crippen molar-refractivity contribution in [3.05, 3.63) is 78.6 Å². The molecule has 29 heavy (non-hydrogen) atoms. The molecule has 0 atom stereocenters. The Hall–Kier alpha value is -2.82. The van der Waals surface area contributed by atoms with Crippen LogP contribution in [0.3, 0.4) is 0 Å². The maximum atomic E-state index is 13.8. The van der Waals surface area contributed by atoms with Crippen LogP contribution < -0.4 is 10.3 Å². The van der Waals surface area contributed by atoms with E-state index in [1.165, 1.54) is 13.2 Å².